The molecule has 0 N–H and O–H groups in total. The molecule has 0 aliphatic carbocycles. The minimum absolute atomic E-state index is 0.00443. The Balaban J connectivity index is 1.45. The van der Waals surface area contributed by atoms with E-state index in [2.05, 4.69) is 16.1 Å². The molecule has 3 aromatic rings. The molecular formula is C19H23N5O2S. The van der Waals surface area contributed by atoms with Crippen LogP contribution in [0.4, 0.5) is 5.13 Å². The van der Waals surface area contributed by atoms with Crippen molar-refractivity contribution in [1.82, 2.24) is 19.7 Å². The molecule has 0 radical (unpaired) electrons. The number of nitrogens with zero attached hydrogens (tertiary/aromatic N) is 5. The van der Waals surface area contributed by atoms with Gasteiger partial charge in [-0.05, 0) is 32.0 Å². The molecule has 1 saturated heterocycles. The number of anilines is 1. The number of ether oxygens (including phenoxy) is 1. The van der Waals surface area contributed by atoms with Crippen LogP contribution >= 0.6 is 11.3 Å². The van der Waals surface area contributed by atoms with Crippen LogP contribution in [0.25, 0.3) is 10.2 Å². The highest BCUT2D eigenvalue weighted by Crippen LogP contribution is 2.34. The van der Waals surface area contributed by atoms with E-state index in [-0.39, 0.29) is 5.91 Å². The van der Waals surface area contributed by atoms with Gasteiger partial charge in [0.25, 0.3) is 5.91 Å². The topological polar surface area (TPSA) is 63.5 Å². The van der Waals surface area contributed by atoms with E-state index in [1.807, 2.05) is 37.1 Å². The van der Waals surface area contributed by atoms with Gasteiger partial charge in [-0.2, -0.15) is 5.10 Å². The fourth-order valence-corrected chi connectivity index (χ4v) is 4.27. The molecule has 2 aromatic heterocycles. The molecule has 7 nitrogen and oxygen atoms in total. The van der Waals surface area contributed by atoms with E-state index in [0.717, 1.165) is 40.7 Å². The van der Waals surface area contributed by atoms with E-state index in [4.69, 9.17) is 9.72 Å². The van der Waals surface area contributed by atoms with E-state index < -0.39 is 0 Å². The summed E-state index contributed by atoms with van der Waals surface area (Å²) in [6, 6.07) is 7.83. The first-order valence-corrected chi connectivity index (χ1v) is 10.1. The molecule has 27 heavy (non-hydrogen) atoms. The lowest BCUT2D eigenvalue weighted by Gasteiger charge is -2.34. The number of piperazine rings is 1. The summed E-state index contributed by atoms with van der Waals surface area (Å²) in [5.41, 5.74) is 1.44. The van der Waals surface area contributed by atoms with Crippen LogP contribution < -0.4 is 9.64 Å². The second kappa shape index (κ2) is 7.56. The third-order valence-electron chi connectivity index (χ3n) is 4.69. The molecule has 4 rings (SSSR count). The number of hydrogen-bond donors (Lipinski definition) is 0. The highest BCUT2D eigenvalue weighted by Gasteiger charge is 2.25. The monoisotopic (exact) mass is 385 g/mol. The average molecular weight is 385 g/mol. The highest BCUT2D eigenvalue weighted by molar-refractivity contribution is 7.22. The molecule has 0 unspecified atom stereocenters. The summed E-state index contributed by atoms with van der Waals surface area (Å²) in [7, 11) is 0. The van der Waals surface area contributed by atoms with Gasteiger partial charge in [0.2, 0.25) is 0 Å². The normalized spacial score (nSPS) is 14.7. The van der Waals surface area contributed by atoms with Gasteiger partial charge in [0.15, 0.2) is 5.13 Å². The summed E-state index contributed by atoms with van der Waals surface area (Å²) in [6.45, 7) is 8.26. The number of benzene rings is 1. The van der Waals surface area contributed by atoms with Crippen LogP contribution in [0.3, 0.4) is 0 Å². The minimum atomic E-state index is 0.00443. The third-order valence-corrected chi connectivity index (χ3v) is 5.77. The molecule has 3 heterocycles. The maximum absolute atomic E-state index is 12.6. The second-order valence-corrected chi connectivity index (χ2v) is 7.38. The Labute approximate surface area is 162 Å². The zero-order valence-electron chi connectivity index (χ0n) is 15.6. The summed E-state index contributed by atoms with van der Waals surface area (Å²) < 4.78 is 8.60. The number of carbonyl (C=O) groups excluding carboxylic acids is 1. The number of aromatic nitrogens is 3. The van der Waals surface area contributed by atoms with E-state index in [9.17, 15) is 4.79 Å². The van der Waals surface area contributed by atoms with Crippen LogP contribution in [0.15, 0.2) is 30.5 Å². The largest absolute Gasteiger partial charge is 0.492 e. The number of rotatable bonds is 5. The first kappa shape index (κ1) is 17.8. The summed E-state index contributed by atoms with van der Waals surface area (Å²) in [5.74, 6) is 0.836. The zero-order valence-corrected chi connectivity index (χ0v) is 16.4. The lowest BCUT2D eigenvalue weighted by atomic mass is 10.3. The van der Waals surface area contributed by atoms with Crippen molar-refractivity contribution in [2.45, 2.75) is 20.4 Å². The van der Waals surface area contributed by atoms with E-state index >= 15 is 0 Å². The molecule has 0 bridgehead atoms. The predicted molar refractivity (Wildman–Crippen MR) is 107 cm³/mol. The van der Waals surface area contributed by atoms with Crippen LogP contribution in [0.1, 0.15) is 24.3 Å². The van der Waals surface area contributed by atoms with Crippen molar-refractivity contribution in [1.29, 1.82) is 0 Å². The van der Waals surface area contributed by atoms with Gasteiger partial charge in [-0.3, -0.25) is 9.48 Å². The van der Waals surface area contributed by atoms with Crippen LogP contribution in [0.2, 0.25) is 0 Å². The van der Waals surface area contributed by atoms with Gasteiger partial charge in [0, 0.05) is 38.9 Å². The summed E-state index contributed by atoms with van der Waals surface area (Å²) in [6.07, 6.45) is 1.85. The molecule has 1 fully saturated rings. The Kier molecular flexibility index (Phi) is 4.98. The standard InChI is InChI=1S/C19H23N5O2S/c1-3-24-9-8-14(21-24)18(25)22-10-12-23(13-11-22)19-20-17-15(26-4-2)6-5-7-16(17)27-19/h5-9H,3-4,10-13H2,1-2H3. The fraction of sp³-hybridized carbons (Fsp3) is 0.421. The van der Waals surface area contributed by atoms with Crippen molar-refractivity contribution >= 4 is 32.6 Å². The lowest BCUT2D eigenvalue weighted by molar-refractivity contribution is 0.0740. The molecule has 1 amide bonds. The Morgan fingerprint density at radius 1 is 1.19 bits per heavy atom. The molecule has 1 aliphatic heterocycles. The van der Waals surface area contributed by atoms with Gasteiger partial charge in [-0.25, -0.2) is 4.98 Å². The Morgan fingerprint density at radius 3 is 2.70 bits per heavy atom. The van der Waals surface area contributed by atoms with E-state index in [1.165, 1.54) is 0 Å². The maximum atomic E-state index is 12.6. The number of thiazole rings is 1. The minimum Gasteiger partial charge on any atom is -0.492 e. The zero-order chi connectivity index (χ0) is 18.8. The van der Waals surface area contributed by atoms with Gasteiger partial charge < -0.3 is 14.5 Å². The van der Waals surface area contributed by atoms with Gasteiger partial charge in [0.1, 0.15) is 17.0 Å². The second-order valence-electron chi connectivity index (χ2n) is 6.37. The summed E-state index contributed by atoms with van der Waals surface area (Å²) >= 11 is 1.67. The van der Waals surface area contributed by atoms with Crippen LogP contribution in [-0.4, -0.2) is 58.4 Å². The quantitative estimate of drug-likeness (QED) is 0.676. The first-order valence-electron chi connectivity index (χ1n) is 9.29. The predicted octanol–water partition coefficient (Wildman–Crippen LogP) is 2.87. The van der Waals surface area contributed by atoms with E-state index in [0.29, 0.717) is 25.4 Å². The van der Waals surface area contributed by atoms with Crippen molar-refractivity contribution in [3.05, 3.63) is 36.2 Å². The Bertz CT molecular complexity index is 943. The van der Waals surface area contributed by atoms with Crippen LogP contribution in [0, 0.1) is 0 Å². The molecule has 8 heteroatoms. The summed E-state index contributed by atoms with van der Waals surface area (Å²) in [5, 5.41) is 5.31. The van der Waals surface area contributed by atoms with E-state index in [1.54, 1.807) is 22.1 Å². The number of aryl methyl sites for hydroxylation is 1. The fourth-order valence-electron chi connectivity index (χ4n) is 3.23. The SMILES string of the molecule is CCOc1cccc2sc(N3CCN(C(=O)c4ccn(CC)n4)CC3)nc12. The molecule has 0 spiro atoms. The Morgan fingerprint density at radius 2 is 2.00 bits per heavy atom. The Hall–Kier alpha value is -2.61. The lowest BCUT2D eigenvalue weighted by Crippen LogP contribution is -2.48. The van der Waals surface area contributed by atoms with Crippen LogP contribution in [0.5, 0.6) is 5.75 Å². The van der Waals surface area contributed by atoms with Gasteiger partial charge in [0.05, 0.1) is 11.3 Å². The molecule has 0 saturated carbocycles. The van der Waals surface area contributed by atoms with Gasteiger partial charge in [-0.15, -0.1) is 0 Å². The highest BCUT2D eigenvalue weighted by atomic mass is 32.1. The molecule has 0 atom stereocenters. The molecule has 142 valence electrons. The number of amides is 1. The molecular weight excluding hydrogens is 362 g/mol. The van der Waals surface area contributed by atoms with Crippen molar-refractivity contribution in [2.24, 2.45) is 0 Å². The molecule has 1 aliphatic rings. The number of para-hydroxylation sites is 1. The van der Waals surface area contributed by atoms with Crippen molar-refractivity contribution in [3.63, 3.8) is 0 Å². The molecule has 1 aromatic carbocycles. The average Bonchev–Trinajstić information content (AvgIpc) is 3.35. The van der Waals surface area contributed by atoms with Crippen molar-refractivity contribution in [2.75, 3.05) is 37.7 Å². The van der Waals surface area contributed by atoms with Crippen molar-refractivity contribution in [3.8, 4) is 5.75 Å². The van der Waals surface area contributed by atoms with Gasteiger partial charge >= 0.3 is 0 Å². The maximum Gasteiger partial charge on any atom is 0.274 e. The number of hydrogen-bond acceptors (Lipinski definition) is 6. The first-order chi connectivity index (χ1) is 13.2. The van der Waals surface area contributed by atoms with Crippen LogP contribution in [-0.2, 0) is 6.54 Å². The third kappa shape index (κ3) is 3.49. The van der Waals surface area contributed by atoms with Gasteiger partial charge in [-0.1, -0.05) is 17.4 Å². The number of carbonyl (C=O) groups is 1. The smallest absolute Gasteiger partial charge is 0.274 e. The summed E-state index contributed by atoms with van der Waals surface area (Å²) in [4.78, 5) is 21.5. The van der Waals surface area contributed by atoms with Crippen molar-refractivity contribution < 1.29 is 9.53 Å². The number of fused-ring (bicyclic) bond motifs is 1.